The summed E-state index contributed by atoms with van der Waals surface area (Å²) in [6.07, 6.45) is 1.23. The molecule has 0 unspecified atom stereocenters. The van der Waals surface area contributed by atoms with E-state index < -0.39 is 0 Å². The van der Waals surface area contributed by atoms with Crippen LogP contribution in [0.5, 0.6) is 5.75 Å². The Kier molecular flexibility index (Phi) is 5.83. The van der Waals surface area contributed by atoms with Crippen molar-refractivity contribution in [3.05, 3.63) is 46.2 Å². The van der Waals surface area contributed by atoms with Gasteiger partial charge in [0.2, 0.25) is 0 Å². The maximum atomic E-state index is 5.92. The number of nitrogens with one attached hydrogen (secondary N) is 1. The predicted molar refractivity (Wildman–Crippen MR) is 94.9 cm³/mol. The molecule has 0 saturated heterocycles. The van der Waals surface area contributed by atoms with Crippen molar-refractivity contribution in [1.82, 2.24) is 0 Å². The van der Waals surface area contributed by atoms with Crippen LogP contribution in [-0.4, -0.2) is 12.1 Å². The summed E-state index contributed by atoms with van der Waals surface area (Å²) in [5, 5.41) is 3.09. The second-order valence-corrected chi connectivity index (χ2v) is 6.49. The van der Waals surface area contributed by atoms with Crippen molar-refractivity contribution in [3.63, 3.8) is 0 Å². The van der Waals surface area contributed by atoms with Crippen LogP contribution >= 0.6 is 11.3 Å². The second-order valence-electron chi connectivity index (χ2n) is 5.24. The Morgan fingerprint density at radius 3 is 2.45 bits per heavy atom. The molecular weight excluding hydrogens is 294 g/mol. The highest BCUT2D eigenvalue weighted by molar-refractivity contribution is 7.11. The molecule has 0 aliphatic rings. The van der Waals surface area contributed by atoms with Gasteiger partial charge in [-0.1, -0.05) is 6.92 Å². The van der Waals surface area contributed by atoms with Crippen molar-refractivity contribution in [2.45, 2.75) is 39.8 Å². The van der Waals surface area contributed by atoms with E-state index in [-0.39, 0.29) is 6.10 Å². The molecule has 0 amide bonds. The average molecular weight is 317 g/mol. The van der Waals surface area contributed by atoms with Gasteiger partial charge in [-0.2, -0.15) is 0 Å². The van der Waals surface area contributed by atoms with E-state index in [4.69, 9.17) is 10.5 Å². The van der Waals surface area contributed by atoms with Crippen LogP contribution < -0.4 is 15.8 Å². The van der Waals surface area contributed by atoms with Gasteiger partial charge in [0.15, 0.2) is 5.96 Å². The Labute approximate surface area is 136 Å². The highest BCUT2D eigenvalue weighted by Gasteiger charge is 2.01. The van der Waals surface area contributed by atoms with Crippen molar-refractivity contribution >= 4 is 23.0 Å². The Bertz CT molecular complexity index is 617. The maximum absolute atomic E-state index is 5.92. The van der Waals surface area contributed by atoms with Crippen molar-refractivity contribution in [3.8, 4) is 5.75 Å². The molecule has 5 heteroatoms. The Balaban J connectivity index is 1.90. The molecule has 4 nitrogen and oxygen atoms in total. The molecular formula is C17H23N3OS. The third-order valence-corrected chi connectivity index (χ3v) is 4.18. The number of benzene rings is 1. The van der Waals surface area contributed by atoms with Crippen molar-refractivity contribution in [1.29, 1.82) is 0 Å². The SMILES string of the molecule is CCc1ccc(CN=C(N)Nc2ccc(OC(C)C)cc2)s1. The molecule has 0 radical (unpaired) electrons. The van der Waals surface area contributed by atoms with Crippen LogP contribution in [0.2, 0.25) is 0 Å². The summed E-state index contributed by atoms with van der Waals surface area (Å²) < 4.78 is 5.60. The number of aryl methyl sites for hydroxylation is 1. The number of hydrogen-bond acceptors (Lipinski definition) is 3. The quantitative estimate of drug-likeness (QED) is 0.625. The highest BCUT2D eigenvalue weighted by atomic mass is 32.1. The molecule has 22 heavy (non-hydrogen) atoms. The molecule has 2 aromatic rings. The fraction of sp³-hybridized carbons (Fsp3) is 0.353. The van der Waals surface area contributed by atoms with Gasteiger partial charge in [-0.15, -0.1) is 11.3 Å². The summed E-state index contributed by atoms with van der Waals surface area (Å²) in [7, 11) is 0. The monoisotopic (exact) mass is 317 g/mol. The lowest BCUT2D eigenvalue weighted by Crippen LogP contribution is -2.22. The first kappa shape index (κ1) is 16.4. The van der Waals surface area contributed by atoms with Gasteiger partial charge in [0.1, 0.15) is 5.75 Å². The molecule has 2 rings (SSSR count). The maximum Gasteiger partial charge on any atom is 0.193 e. The van der Waals surface area contributed by atoms with Crippen LogP contribution in [0.15, 0.2) is 41.4 Å². The Hall–Kier alpha value is -2.01. The highest BCUT2D eigenvalue weighted by Crippen LogP contribution is 2.18. The van der Waals surface area contributed by atoms with E-state index in [0.717, 1.165) is 17.9 Å². The molecule has 0 saturated carbocycles. The third kappa shape index (κ3) is 5.07. The summed E-state index contributed by atoms with van der Waals surface area (Å²) >= 11 is 1.78. The minimum Gasteiger partial charge on any atom is -0.491 e. The van der Waals surface area contributed by atoms with E-state index in [0.29, 0.717) is 12.5 Å². The summed E-state index contributed by atoms with van der Waals surface area (Å²) in [5.41, 5.74) is 6.82. The standard InChI is InChI=1S/C17H23N3OS/c1-4-15-9-10-16(22-15)11-19-17(18)20-13-5-7-14(8-6-13)21-12(2)3/h5-10,12H,4,11H2,1-3H3,(H3,18,19,20). The topological polar surface area (TPSA) is 59.6 Å². The summed E-state index contributed by atoms with van der Waals surface area (Å²) in [6, 6.07) is 12.0. The van der Waals surface area contributed by atoms with E-state index in [1.807, 2.05) is 38.1 Å². The van der Waals surface area contributed by atoms with E-state index in [9.17, 15) is 0 Å². The second kappa shape index (κ2) is 7.84. The summed E-state index contributed by atoms with van der Waals surface area (Å²) in [5.74, 6) is 1.27. The van der Waals surface area contributed by atoms with Crippen molar-refractivity contribution in [2.24, 2.45) is 10.7 Å². The Morgan fingerprint density at radius 2 is 1.86 bits per heavy atom. The van der Waals surface area contributed by atoms with Gasteiger partial charge in [-0.25, -0.2) is 4.99 Å². The molecule has 0 aliphatic heterocycles. The van der Waals surface area contributed by atoms with Gasteiger partial charge < -0.3 is 15.8 Å². The lowest BCUT2D eigenvalue weighted by Gasteiger charge is -2.10. The first-order valence-corrected chi connectivity index (χ1v) is 8.29. The first-order chi connectivity index (χ1) is 10.6. The van der Waals surface area contributed by atoms with Gasteiger partial charge in [0.25, 0.3) is 0 Å². The molecule has 1 aromatic heterocycles. The lowest BCUT2D eigenvalue weighted by atomic mass is 10.3. The van der Waals surface area contributed by atoms with Gasteiger partial charge in [-0.3, -0.25) is 0 Å². The fourth-order valence-electron chi connectivity index (χ4n) is 1.94. The molecule has 1 heterocycles. The van der Waals surface area contributed by atoms with Crippen molar-refractivity contribution < 1.29 is 4.74 Å². The summed E-state index contributed by atoms with van der Waals surface area (Å²) in [6.45, 7) is 6.77. The van der Waals surface area contributed by atoms with Gasteiger partial charge in [0.05, 0.1) is 12.6 Å². The minimum absolute atomic E-state index is 0.171. The molecule has 0 atom stereocenters. The third-order valence-electron chi connectivity index (χ3n) is 2.97. The number of thiophene rings is 1. The van der Waals surface area contributed by atoms with Gasteiger partial charge >= 0.3 is 0 Å². The van der Waals surface area contributed by atoms with Crippen LogP contribution in [0, 0.1) is 0 Å². The predicted octanol–water partition coefficient (Wildman–Crippen LogP) is 4.02. The van der Waals surface area contributed by atoms with Crippen LogP contribution in [0.1, 0.15) is 30.5 Å². The molecule has 1 aromatic carbocycles. The van der Waals surface area contributed by atoms with Gasteiger partial charge in [-0.05, 0) is 56.7 Å². The average Bonchev–Trinajstić information content (AvgIpc) is 2.95. The molecule has 0 aliphatic carbocycles. The zero-order valence-electron chi connectivity index (χ0n) is 13.3. The molecule has 3 N–H and O–H groups in total. The number of ether oxygens (including phenoxy) is 1. The molecule has 0 bridgehead atoms. The minimum atomic E-state index is 0.171. The van der Waals surface area contributed by atoms with E-state index in [1.54, 1.807) is 11.3 Å². The Morgan fingerprint density at radius 1 is 1.18 bits per heavy atom. The summed E-state index contributed by atoms with van der Waals surface area (Å²) in [4.78, 5) is 6.97. The number of anilines is 1. The normalized spacial score (nSPS) is 11.7. The smallest absolute Gasteiger partial charge is 0.193 e. The number of hydrogen-bond donors (Lipinski definition) is 2. The molecule has 118 valence electrons. The van der Waals surface area contributed by atoms with Crippen molar-refractivity contribution in [2.75, 3.05) is 5.32 Å². The largest absolute Gasteiger partial charge is 0.491 e. The van der Waals surface area contributed by atoms with Crippen LogP contribution in [0.3, 0.4) is 0 Å². The zero-order valence-corrected chi connectivity index (χ0v) is 14.1. The molecule has 0 spiro atoms. The van der Waals surface area contributed by atoms with E-state index in [1.165, 1.54) is 9.75 Å². The molecule has 0 fully saturated rings. The van der Waals surface area contributed by atoms with E-state index >= 15 is 0 Å². The number of guanidine groups is 1. The lowest BCUT2D eigenvalue weighted by molar-refractivity contribution is 0.242. The number of nitrogens with two attached hydrogens (primary N) is 1. The van der Waals surface area contributed by atoms with Crippen LogP contribution in [0.25, 0.3) is 0 Å². The number of aliphatic imine (C=N–C) groups is 1. The first-order valence-electron chi connectivity index (χ1n) is 7.48. The zero-order chi connectivity index (χ0) is 15.9. The van der Waals surface area contributed by atoms with Gasteiger partial charge in [0, 0.05) is 15.4 Å². The van der Waals surface area contributed by atoms with E-state index in [2.05, 4.69) is 29.4 Å². The number of nitrogens with zero attached hydrogens (tertiary/aromatic N) is 1. The fourth-order valence-corrected chi connectivity index (χ4v) is 2.82. The van der Waals surface area contributed by atoms with Crippen LogP contribution in [0.4, 0.5) is 5.69 Å². The number of rotatable bonds is 6. The van der Waals surface area contributed by atoms with Crippen LogP contribution in [-0.2, 0) is 13.0 Å².